The molecule has 0 saturated carbocycles. The Morgan fingerprint density at radius 3 is 1.86 bits per heavy atom. The predicted molar refractivity (Wildman–Crippen MR) is 129 cm³/mol. The fourth-order valence-corrected chi connectivity index (χ4v) is 2.69. The molecule has 0 unspecified atom stereocenters. The van der Waals surface area contributed by atoms with Crippen LogP contribution in [0.1, 0.15) is 27.6 Å². The zero-order chi connectivity index (χ0) is 22.1. The molecule has 0 saturated heterocycles. The Kier molecular flexibility index (Phi) is 10.1. The van der Waals surface area contributed by atoms with E-state index in [1.165, 1.54) is 14.2 Å². The molecule has 0 aliphatic heterocycles. The highest BCUT2D eigenvalue weighted by Crippen LogP contribution is 2.21. The summed E-state index contributed by atoms with van der Waals surface area (Å²) < 4.78 is 10.9. The van der Waals surface area contributed by atoms with Gasteiger partial charge in [0.25, 0.3) is 5.91 Å². The van der Waals surface area contributed by atoms with Gasteiger partial charge in [0.05, 0.1) is 31.0 Å². The zero-order valence-corrected chi connectivity index (χ0v) is 20.4. The number of esters is 2. The van der Waals surface area contributed by atoms with Crippen molar-refractivity contribution >= 4 is 74.4 Å². The summed E-state index contributed by atoms with van der Waals surface area (Å²) >= 11 is 4.17. The van der Waals surface area contributed by atoms with Gasteiger partial charge in [0.15, 0.2) is 0 Å². The minimum absolute atomic E-state index is 0.273. The van der Waals surface area contributed by atoms with Crippen molar-refractivity contribution in [1.82, 2.24) is 0 Å². The van der Waals surface area contributed by atoms with Crippen molar-refractivity contribution in [2.45, 2.75) is 6.92 Å². The Morgan fingerprint density at radius 1 is 0.931 bits per heavy atom. The molecular weight excluding hydrogens is 602 g/mol. The lowest BCUT2D eigenvalue weighted by molar-refractivity contribution is -0.112. The molecule has 0 aliphatic carbocycles. The lowest BCUT2D eigenvalue weighted by Gasteiger charge is -2.08. The number of nitrogen functional groups attached to an aromatic ring is 1. The molecule has 0 radical (unpaired) electrons. The quantitative estimate of drug-likeness (QED) is 0.229. The Labute approximate surface area is 196 Å². The Morgan fingerprint density at radius 2 is 1.41 bits per heavy atom. The van der Waals surface area contributed by atoms with Gasteiger partial charge in [-0.2, -0.15) is 0 Å². The molecule has 2 aromatic rings. The molecule has 2 aromatic carbocycles. The van der Waals surface area contributed by atoms with Crippen LogP contribution < -0.4 is 11.1 Å². The predicted octanol–water partition coefficient (Wildman–Crippen LogP) is 4.25. The van der Waals surface area contributed by atoms with Crippen molar-refractivity contribution in [3.63, 3.8) is 0 Å². The van der Waals surface area contributed by atoms with Crippen molar-refractivity contribution in [2.24, 2.45) is 0 Å². The van der Waals surface area contributed by atoms with Crippen molar-refractivity contribution in [3.8, 4) is 0 Å². The van der Waals surface area contributed by atoms with E-state index in [-0.39, 0.29) is 11.9 Å². The number of carbonyl (C=O) groups is 3. The number of halogens is 2. The van der Waals surface area contributed by atoms with Crippen LogP contribution in [0.3, 0.4) is 0 Å². The zero-order valence-electron chi connectivity index (χ0n) is 16.0. The van der Waals surface area contributed by atoms with Crippen LogP contribution in [0.2, 0.25) is 0 Å². The first-order valence-corrected chi connectivity index (χ1v) is 10.2. The van der Waals surface area contributed by atoms with E-state index in [2.05, 4.69) is 66.6 Å². The second kappa shape index (κ2) is 11.8. The highest BCUT2D eigenvalue weighted by atomic mass is 127. The molecule has 29 heavy (non-hydrogen) atoms. The third-order valence-electron chi connectivity index (χ3n) is 3.44. The topological polar surface area (TPSA) is 108 Å². The maximum atomic E-state index is 11.5. The molecule has 2 rings (SSSR count). The minimum atomic E-state index is -0.438. The number of nitrogens with two attached hydrogens (primary N) is 1. The maximum Gasteiger partial charge on any atom is 0.337 e. The first-order chi connectivity index (χ1) is 13.6. The molecule has 0 aliphatic rings. The summed E-state index contributed by atoms with van der Waals surface area (Å²) in [6.07, 6.45) is 0. The number of methoxy groups -OCH3 is 2. The van der Waals surface area contributed by atoms with Crippen LogP contribution in [0.4, 0.5) is 11.4 Å². The summed E-state index contributed by atoms with van der Waals surface area (Å²) in [6, 6.07) is 10.0. The van der Waals surface area contributed by atoms with E-state index < -0.39 is 5.97 Å². The molecule has 3 N–H and O–H groups in total. The van der Waals surface area contributed by atoms with Crippen molar-refractivity contribution in [2.75, 3.05) is 25.3 Å². The number of anilines is 2. The smallest absolute Gasteiger partial charge is 0.337 e. The van der Waals surface area contributed by atoms with E-state index in [1.807, 2.05) is 0 Å². The molecule has 0 heterocycles. The molecule has 0 bridgehead atoms. The summed E-state index contributed by atoms with van der Waals surface area (Å²) in [7, 11) is 2.66. The third-order valence-corrected chi connectivity index (χ3v) is 5.36. The van der Waals surface area contributed by atoms with E-state index >= 15 is 0 Å². The van der Waals surface area contributed by atoms with Gasteiger partial charge in [0.1, 0.15) is 0 Å². The summed E-state index contributed by atoms with van der Waals surface area (Å²) in [5.74, 6) is -1.07. The lowest BCUT2D eigenvalue weighted by atomic mass is 10.2. The number of carbonyl (C=O) groups excluding carboxylic acids is 3. The summed E-state index contributed by atoms with van der Waals surface area (Å²) in [4.78, 5) is 33.8. The number of ether oxygens (including phenoxy) is 2. The molecule has 154 valence electrons. The SMILES string of the molecule is C=C(C)C(=O)Nc1cc(C(=O)OC)ccc1I.COC(=O)c1ccc(I)c(N)c1. The first-order valence-electron chi connectivity index (χ1n) is 8.08. The van der Waals surface area contributed by atoms with Crippen LogP contribution >= 0.6 is 45.2 Å². The Balaban J connectivity index is 0.000000308. The molecule has 0 aromatic heterocycles. The van der Waals surface area contributed by atoms with Gasteiger partial charge in [-0.25, -0.2) is 9.59 Å². The van der Waals surface area contributed by atoms with Gasteiger partial charge in [0.2, 0.25) is 0 Å². The highest BCUT2D eigenvalue weighted by molar-refractivity contribution is 14.1. The van der Waals surface area contributed by atoms with Crippen LogP contribution in [0.15, 0.2) is 48.6 Å². The minimum Gasteiger partial charge on any atom is -0.465 e. The van der Waals surface area contributed by atoms with Crippen LogP contribution in [0.25, 0.3) is 0 Å². The molecular formula is C20H20I2N2O5. The van der Waals surface area contributed by atoms with Crippen LogP contribution in [-0.2, 0) is 14.3 Å². The summed E-state index contributed by atoms with van der Waals surface area (Å²) in [6.45, 7) is 5.17. The maximum absolute atomic E-state index is 11.5. The van der Waals surface area contributed by atoms with Gasteiger partial charge in [-0.05, 0) is 88.5 Å². The Hall–Kier alpha value is -2.15. The normalized spacial score (nSPS) is 9.55. The third kappa shape index (κ3) is 7.65. The molecule has 7 nitrogen and oxygen atoms in total. The number of hydrogen-bond acceptors (Lipinski definition) is 6. The van der Waals surface area contributed by atoms with Crippen molar-refractivity contribution in [3.05, 3.63) is 66.8 Å². The molecule has 0 fully saturated rings. The van der Waals surface area contributed by atoms with Crippen LogP contribution in [0, 0.1) is 7.14 Å². The van der Waals surface area contributed by atoms with E-state index in [0.29, 0.717) is 28.1 Å². The Bertz CT molecular complexity index is 944. The number of hydrogen-bond donors (Lipinski definition) is 2. The number of amides is 1. The van der Waals surface area contributed by atoms with Gasteiger partial charge in [-0.1, -0.05) is 6.58 Å². The lowest BCUT2D eigenvalue weighted by Crippen LogP contribution is -2.13. The van der Waals surface area contributed by atoms with Gasteiger partial charge in [-0.3, -0.25) is 4.79 Å². The van der Waals surface area contributed by atoms with Crippen molar-refractivity contribution in [1.29, 1.82) is 0 Å². The van der Waals surface area contributed by atoms with E-state index in [9.17, 15) is 14.4 Å². The van der Waals surface area contributed by atoms with Crippen LogP contribution in [0.5, 0.6) is 0 Å². The largest absolute Gasteiger partial charge is 0.465 e. The molecule has 0 atom stereocenters. The van der Waals surface area contributed by atoms with Gasteiger partial charge < -0.3 is 20.5 Å². The molecule has 1 amide bonds. The van der Waals surface area contributed by atoms with Crippen molar-refractivity contribution < 1.29 is 23.9 Å². The highest BCUT2D eigenvalue weighted by Gasteiger charge is 2.11. The van der Waals surface area contributed by atoms with Gasteiger partial charge in [0, 0.05) is 18.4 Å². The number of benzene rings is 2. The number of nitrogens with one attached hydrogen (secondary N) is 1. The van der Waals surface area contributed by atoms with Crippen LogP contribution in [-0.4, -0.2) is 32.1 Å². The first kappa shape index (κ1) is 24.9. The number of rotatable bonds is 4. The van der Waals surface area contributed by atoms with E-state index in [0.717, 1.165) is 7.14 Å². The van der Waals surface area contributed by atoms with Gasteiger partial charge >= 0.3 is 11.9 Å². The summed E-state index contributed by atoms with van der Waals surface area (Å²) in [5, 5.41) is 2.68. The van der Waals surface area contributed by atoms with E-state index in [4.69, 9.17) is 5.73 Å². The average molecular weight is 622 g/mol. The molecule has 9 heteroatoms. The molecule has 0 spiro atoms. The van der Waals surface area contributed by atoms with Gasteiger partial charge in [-0.15, -0.1) is 0 Å². The average Bonchev–Trinajstić information content (AvgIpc) is 2.70. The standard InChI is InChI=1S/C12H12INO3.C8H8INO2/c1-7(2)11(15)14-10-6-8(12(16)17-3)4-5-9(10)13;1-12-8(11)5-2-3-6(9)7(10)4-5/h4-6H,1H2,2-3H3,(H,14,15);2-4H,10H2,1H3. The second-order valence-corrected chi connectivity index (χ2v) is 7.97. The second-order valence-electron chi connectivity index (χ2n) is 5.65. The summed E-state index contributed by atoms with van der Waals surface area (Å²) in [5.41, 5.74) is 8.05. The van der Waals surface area contributed by atoms with E-state index in [1.54, 1.807) is 43.3 Å². The fourth-order valence-electron chi connectivity index (χ4n) is 1.88. The monoisotopic (exact) mass is 622 g/mol. The fraction of sp³-hybridized carbons (Fsp3) is 0.150.